The lowest BCUT2D eigenvalue weighted by Gasteiger charge is -2.24. The summed E-state index contributed by atoms with van der Waals surface area (Å²) >= 11 is 0. The molecular weight excluding hydrogens is 326 g/mol. The molecular formula is C20H33N5O. The number of likely N-dealkylation sites (tertiary alicyclic amines) is 1. The normalized spacial score (nSPS) is 21.9. The molecule has 2 fully saturated rings. The number of aromatic nitrogens is 1. The standard InChI is InChI=1S/C20H33N5O/c1-15(2)13-25-10-7-16(14-25)11-23-20(26)17-3-4-19(22-12-17)24-18-5-8-21-9-6-18/h3-4,12,15-16,18,21H,5-11,13-14H2,1-2H3,(H,22,24)(H,23,26)/t16-/m0/s1. The zero-order valence-electron chi connectivity index (χ0n) is 16.1. The van der Waals surface area contributed by atoms with Crippen molar-refractivity contribution in [3.63, 3.8) is 0 Å². The lowest BCUT2D eigenvalue weighted by atomic mass is 10.1. The van der Waals surface area contributed by atoms with Crippen molar-refractivity contribution in [3.05, 3.63) is 23.9 Å². The number of nitrogens with one attached hydrogen (secondary N) is 3. The lowest BCUT2D eigenvalue weighted by molar-refractivity contribution is 0.0947. The molecule has 0 saturated carbocycles. The van der Waals surface area contributed by atoms with Crippen LogP contribution < -0.4 is 16.0 Å². The predicted molar refractivity (Wildman–Crippen MR) is 105 cm³/mol. The van der Waals surface area contributed by atoms with Crippen LogP contribution in [-0.4, -0.2) is 61.1 Å². The van der Waals surface area contributed by atoms with Gasteiger partial charge in [-0.1, -0.05) is 13.8 Å². The zero-order chi connectivity index (χ0) is 18.4. The van der Waals surface area contributed by atoms with Gasteiger partial charge in [0.15, 0.2) is 0 Å². The van der Waals surface area contributed by atoms with Crippen LogP contribution in [-0.2, 0) is 0 Å². The molecule has 0 bridgehead atoms. The molecule has 0 aliphatic carbocycles. The van der Waals surface area contributed by atoms with Gasteiger partial charge in [0.1, 0.15) is 5.82 Å². The topological polar surface area (TPSA) is 69.3 Å². The molecule has 0 spiro atoms. The lowest BCUT2D eigenvalue weighted by Crippen LogP contribution is -2.35. The Balaban J connectivity index is 1.42. The smallest absolute Gasteiger partial charge is 0.252 e. The van der Waals surface area contributed by atoms with Crippen molar-refractivity contribution in [1.29, 1.82) is 0 Å². The van der Waals surface area contributed by atoms with Crippen molar-refractivity contribution in [3.8, 4) is 0 Å². The number of hydrogen-bond donors (Lipinski definition) is 3. The van der Waals surface area contributed by atoms with E-state index >= 15 is 0 Å². The molecule has 0 radical (unpaired) electrons. The number of rotatable bonds is 7. The molecule has 1 aromatic heterocycles. The first-order chi connectivity index (χ1) is 12.6. The average Bonchev–Trinajstić information content (AvgIpc) is 3.08. The van der Waals surface area contributed by atoms with Gasteiger partial charge in [-0.05, 0) is 62.9 Å². The van der Waals surface area contributed by atoms with Crippen LogP contribution in [0.25, 0.3) is 0 Å². The van der Waals surface area contributed by atoms with Crippen molar-refractivity contribution < 1.29 is 4.79 Å². The number of anilines is 1. The number of carbonyl (C=O) groups excluding carboxylic acids is 1. The SMILES string of the molecule is CC(C)CN1CC[C@@H](CNC(=O)c2ccc(NC3CCNCC3)nc2)C1. The Kier molecular flexibility index (Phi) is 6.86. The maximum Gasteiger partial charge on any atom is 0.252 e. The fourth-order valence-electron chi connectivity index (χ4n) is 3.89. The average molecular weight is 360 g/mol. The van der Waals surface area contributed by atoms with Gasteiger partial charge in [0.25, 0.3) is 5.91 Å². The van der Waals surface area contributed by atoms with Gasteiger partial charge in [0.2, 0.25) is 0 Å². The summed E-state index contributed by atoms with van der Waals surface area (Å²) in [6, 6.07) is 4.25. The van der Waals surface area contributed by atoms with E-state index in [-0.39, 0.29) is 5.91 Å². The fourth-order valence-corrected chi connectivity index (χ4v) is 3.89. The van der Waals surface area contributed by atoms with Crippen LogP contribution in [0.1, 0.15) is 43.5 Å². The number of nitrogens with zero attached hydrogens (tertiary/aromatic N) is 2. The monoisotopic (exact) mass is 359 g/mol. The van der Waals surface area contributed by atoms with E-state index in [1.807, 2.05) is 12.1 Å². The van der Waals surface area contributed by atoms with E-state index in [1.165, 1.54) is 6.42 Å². The fraction of sp³-hybridized carbons (Fsp3) is 0.700. The molecule has 1 atom stereocenters. The highest BCUT2D eigenvalue weighted by Gasteiger charge is 2.23. The first kappa shape index (κ1) is 19.1. The van der Waals surface area contributed by atoms with Crippen LogP contribution in [0.15, 0.2) is 18.3 Å². The molecule has 3 heterocycles. The number of hydrogen-bond acceptors (Lipinski definition) is 5. The molecule has 26 heavy (non-hydrogen) atoms. The summed E-state index contributed by atoms with van der Waals surface area (Å²) in [5.74, 6) is 2.10. The van der Waals surface area contributed by atoms with E-state index in [4.69, 9.17) is 0 Å². The summed E-state index contributed by atoms with van der Waals surface area (Å²) in [5.41, 5.74) is 0.637. The van der Waals surface area contributed by atoms with Crippen LogP contribution in [0.3, 0.4) is 0 Å². The summed E-state index contributed by atoms with van der Waals surface area (Å²) in [4.78, 5) is 19.3. The second-order valence-electron chi connectivity index (χ2n) is 8.12. The van der Waals surface area contributed by atoms with Crippen molar-refractivity contribution in [1.82, 2.24) is 20.5 Å². The van der Waals surface area contributed by atoms with E-state index in [1.54, 1.807) is 6.20 Å². The first-order valence-electron chi connectivity index (χ1n) is 10.0. The largest absolute Gasteiger partial charge is 0.367 e. The van der Waals surface area contributed by atoms with Gasteiger partial charge in [-0.25, -0.2) is 4.98 Å². The van der Waals surface area contributed by atoms with Gasteiger partial charge in [0.05, 0.1) is 5.56 Å². The third-order valence-corrected chi connectivity index (χ3v) is 5.26. The molecule has 1 amide bonds. The van der Waals surface area contributed by atoms with Gasteiger partial charge in [0, 0.05) is 31.9 Å². The number of carbonyl (C=O) groups is 1. The van der Waals surface area contributed by atoms with E-state index in [0.717, 1.165) is 57.9 Å². The molecule has 0 aromatic carbocycles. The quantitative estimate of drug-likeness (QED) is 0.694. The van der Waals surface area contributed by atoms with Crippen molar-refractivity contribution in [2.45, 2.75) is 39.2 Å². The third kappa shape index (κ3) is 5.68. The molecule has 0 unspecified atom stereocenters. The molecule has 2 aliphatic rings. The van der Waals surface area contributed by atoms with Gasteiger partial charge in [-0.15, -0.1) is 0 Å². The Morgan fingerprint density at radius 2 is 2.12 bits per heavy atom. The third-order valence-electron chi connectivity index (χ3n) is 5.26. The van der Waals surface area contributed by atoms with Crippen LogP contribution in [0.4, 0.5) is 5.82 Å². The second-order valence-corrected chi connectivity index (χ2v) is 8.12. The Morgan fingerprint density at radius 1 is 1.31 bits per heavy atom. The molecule has 1 aromatic rings. The van der Waals surface area contributed by atoms with E-state index < -0.39 is 0 Å². The highest BCUT2D eigenvalue weighted by molar-refractivity contribution is 5.94. The number of piperidine rings is 1. The van der Waals surface area contributed by atoms with E-state index in [9.17, 15) is 4.79 Å². The van der Waals surface area contributed by atoms with Crippen LogP contribution in [0.5, 0.6) is 0 Å². The maximum atomic E-state index is 12.4. The molecule has 144 valence electrons. The highest BCUT2D eigenvalue weighted by atomic mass is 16.1. The van der Waals surface area contributed by atoms with Gasteiger partial charge < -0.3 is 20.9 Å². The molecule has 2 saturated heterocycles. The minimum Gasteiger partial charge on any atom is -0.367 e. The summed E-state index contributed by atoms with van der Waals surface area (Å²) < 4.78 is 0. The minimum absolute atomic E-state index is 0.0202. The van der Waals surface area contributed by atoms with Crippen molar-refractivity contribution in [2.75, 3.05) is 44.6 Å². The Bertz CT molecular complexity index is 568. The molecule has 3 rings (SSSR count). The van der Waals surface area contributed by atoms with Gasteiger partial charge in [-0.2, -0.15) is 0 Å². The van der Waals surface area contributed by atoms with Crippen molar-refractivity contribution >= 4 is 11.7 Å². The second kappa shape index (κ2) is 9.33. The highest BCUT2D eigenvalue weighted by Crippen LogP contribution is 2.17. The molecule has 2 aliphatic heterocycles. The van der Waals surface area contributed by atoms with Crippen LogP contribution in [0.2, 0.25) is 0 Å². The van der Waals surface area contributed by atoms with Crippen LogP contribution >= 0.6 is 0 Å². The Morgan fingerprint density at radius 3 is 2.81 bits per heavy atom. The zero-order valence-corrected chi connectivity index (χ0v) is 16.1. The molecule has 6 heteroatoms. The van der Waals surface area contributed by atoms with Crippen molar-refractivity contribution in [2.24, 2.45) is 11.8 Å². The van der Waals surface area contributed by atoms with Gasteiger partial charge in [-0.3, -0.25) is 4.79 Å². The number of amides is 1. The molecule has 3 N–H and O–H groups in total. The van der Waals surface area contributed by atoms with Gasteiger partial charge >= 0.3 is 0 Å². The first-order valence-corrected chi connectivity index (χ1v) is 10.0. The Labute approximate surface area is 157 Å². The predicted octanol–water partition coefficient (Wildman–Crippen LogP) is 1.95. The van der Waals surface area contributed by atoms with Crippen LogP contribution in [0, 0.1) is 11.8 Å². The van der Waals surface area contributed by atoms with E-state index in [0.29, 0.717) is 23.4 Å². The maximum absolute atomic E-state index is 12.4. The molecule has 6 nitrogen and oxygen atoms in total. The van der Waals surface area contributed by atoms with E-state index in [2.05, 4.69) is 39.7 Å². The summed E-state index contributed by atoms with van der Waals surface area (Å²) in [7, 11) is 0. The Hall–Kier alpha value is -1.66. The summed E-state index contributed by atoms with van der Waals surface area (Å²) in [6.45, 7) is 10.8. The minimum atomic E-state index is -0.0202. The number of pyridine rings is 1. The summed E-state index contributed by atoms with van der Waals surface area (Å²) in [5, 5.41) is 9.89. The summed E-state index contributed by atoms with van der Waals surface area (Å²) in [6.07, 6.45) is 5.07.